The van der Waals surface area contributed by atoms with E-state index in [1.54, 1.807) is 13.2 Å². The lowest BCUT2D eigenvalue weighted by molar-refractivity contribution is 0.171. The summed E-state index contributed by atoms with van der Waals surface area (Å²) in [7, 11) is 5.09. The van der Waals surface area contributed by atoms with Gasteiger partial charge in [0.1, 0.15) is 28.2 Å². The van der Waals surface area contributed by atoms with Crippen molar-refractivity contribution >= 4 is 42.8 Å². The first-order chi connectivity index (χ1) is 14.9. The van der Waals surface area contributed by atoms with Crippen LogP contribution >= 0.6 is 31.9 Å². The van der Waals surface area contributed by atoms with Crippen molar-refractivity contribution in [3.05, 3.63) is 55.1 Å². The van der Waals surface area contributed by atoms with Crippen LogP contribution in [0.15, 0.2) is 48.5 Å². The first kappa shape index (κ1) is 22.3. The van der Waals surface area contributed by atoms with E-state index < -0.39 is 0 Å². The van der Waals surface area contributed by atoms with Gasteiger partial charge in [-0.25, -0.2) is 0 Å². The van der Waals surface area contributed by atoms with Crippen LogP contribution in [0.3, 0.4) is 0 Å². The lowest BCUT2D eigenvalue weighted by Gasteiger charge is -2.25. The van der Waals surface area contributed by atoms with E-state index in [0.717, 1.165) is 33.0 Å². The Morgan fingerprint density at radius 3 is 2.55 bits per heavy atom. The molecule has 0 radical (unpaired) electrons. The highest BCUT2D eigenvalue weighted by atomic mass is 79.9. The number of likely N-dealkylation sites (tertiary alicyclic amines) is 1. The average molecular weight is 553 g/mol. The van der Waals surface area contributed by atoms with E-state index in [0.29, 0.717) is 28.2 Å². The van der Waals surface area contributed by atoms with Crippen molar-refractivity contribution in [2.45, 2.75) is 18.4 Å². The standard InChI is InChI=1S/C23H23Br2NO5/c1-26-7-6-14(16(26)11-27)21-19(29-2)10-20(30-3)22-17(28)9-18(31-23(21)22)13-5-4-12(24)8-15(13)25/h4-5,8-10,14,16,27H,6-7,11H2,1-3H3/t14-,16+/m0/s1. The lowest BCUT2D eigenvalue weighted by Crippen LogP contribution is -2.32. The first-order valence-electron chi connectivity index (χ1n) is 9.88. The van der Waals surface area contributed by atoms with E-state index in [2.05, 4.69) is 36.8 Å². The van der Waals surface area contributed by atoms with Gasteiger partial charge in [0.15, 0.2) is 5.43 Å². The van der Waals surface area contributed by atoms with Gasteiger partial charge in [-0.3, -0.25) is 4.79 Å². The third-order valence-electron chi connectivity index (χ3n) is 5.98. The van der Waals surface area contributed by atoms with Crippen LogP contribution in [-0.4, -0.2) is 50.5 Å². The van der Waals surface area contributed by atoms with Gasteiger partial charge in [-0.05, 0) is 54.1 Å². The van der Waals surface area contributed by atoms with E-state index in [-0.39, 0.29) is 24.0 Å². The fraction of sp³-hybridized carbons (Fsp3) is 0.348. The van der Waals surface area contributed by atoms with Crippen LogP contribution in [0.25, 0.3) is 22.3 Å². The third-order valence-corrected chi connectivity index (χ3v) is 7.13. The quantitative estimate of drug-likeness (QED) is 0.491. The number of fused-ring (bicyclic) bond motifs is 1. The summed E-state index contributed by atoms with van der Waals surface area (Å²) in [6.45, 7) is 0.828. The van der Waals surface area contributed by atoms with Crippen molar-refractivity contribution in [2.24, 2.45) is 0 Å². The van der Waals surface area contributed by atoms with Crippen molar-refractivity contribution in [1.82, 2.24) is 4.90 Å². The van der Waals surface area contributed by atoms with Crippen molar-refractivity contribution in [3.63, 3.8) is 0 Å². The van der Waals surface area contributed by atoms with Crippen LogP contribution in [0.2, 0.25) is 0 Å². The summed E-state index contributed by atoms with van der Waals surface area (Å²) in [5, 5.41) is 10.4. The summed E-state index contributed by atoms with van der Waals surface area (Å²) < 4.78 is 19.3. The topological polar surface area (TPSA) is 72.1 Å². The largest absolute Gasteiger partial charge is 0.496 e. The Bertz CT molecular complexity index is 1190. The molecule has 31 heavy (non-hydrogen) atoms. The van der Waals surface area contributed by atoms with Gasteiger partial charge < -0.3 is 23.9 Å². The molecule has 1 fully saturated rings. The second kappa shape index (κ2) is 8.94. The Labute approximate surface area is 197 Å². The van der Waals surface area contributed by atoms with Gasteiger partial charge in [-0.1, -0.05) is 15.9 Å². The number of ether oxygens (including phenoxy) is 2. The number of likely N-dealkylation sites (N-methyl/N-ethyl adjacent to an activating group) is 1. The summed E-state index contributed by atoms with van der Waals surface area (Å²) in [4.78, 5) is 15.4. The van der Waals surface area contributed by atoms with Crippen LogP contribution in [0.1, 0.15) is 17.9 Å². The molecule has 2 atom stereocenters. The van der Waals surface area contributed by atoms with E-state index >= 15 is 0 Å². The predicted octanol–water partition coefficient (Wildman–Crippen LogP) is 4.78. The minimum absolute atomic E-state index is 0.0000264. The molecule has 1 aromatic heterocycles. The van der Waals surface area contributed by atoms with Crippen LogP contribution in [-0.2, 0) is 0 Å². The molecule has 0 amide bonds. The zero-order chi connectivity index (χ0) is 22.3. The van der Waals surface area contributed by atoms with Crippen molar-refractivity contribution < 1.29 is 19.0 Å². The maximum atomic E-state index is 13.2. The Balaban J connectivity index is 2.06. The molecule has 0 spiro atoms. The minimum atomic E-state index is -0.196. The van der Waals surface area contributed by atoms with Crippen LogP contribution in [0, 0.1) is 0 Å². The summed E-state index contributed by atoms with van der Waals surface area (Å²) >= 11 is 7.01. The molecule has 1 N–H and O–H groups in total. The fourth-order valence-electron chi connectivity index (χ4n) is 4.41. The molecule has 3 aromatic rings. The van der Waals surface area contributed by atoms with Crippen molar-refractivity contribution in [3.8, 4) is 22.8 Å². The van der Waals surface area contributed by atoms with Crippen molar-refractivity contribution in [2.75, 3.05) is 34.4 Å². The predicted molar refractivity (Wildman–Crippen MR) is 127 cm³/mol. The molecule has 6 nitrogen and oxygen atoms in total. The van der Waals surface area contributed by atoms with Crippen molar-refractivity contribution in [1.29, 1.82) is 0 Å². The molecule has 0 unspecified atom stereocenters. The number of hydrogen-bond donors (Lipinski definition) is 1. The molecule has 164 valence electrons. The number of aliphatic hydroxyl groups is 1. The molecule has 1 saturated heterocycles. The van der Waals surface area contributed by atoms with E-state index in [9.17, 15) is 9.90 Å². The monoisotopic (exact) mass is 551 g/mol. The first-order valence-corrected chi connectivity index (χ1v) is 11.5. The van der Waals surface area contributed by atoms with E-state index in [1.165, 1.54) is 13.2 Å². The molecule has 0 bridgehead atoms. The molecule has 0 saturated carbocycles. The second-order valence-corrected chi connectivity index (χ2v) is 9.39. The van der Waals surface area contributed by atoms with Crippen LogP contribution in [0.5, 0.6) is 11.5 Å². The second-order valence-electron chi connectivity index (χ2n) is 7.62. The van der Waals surface area contributed by atoms with Crippen LogP contribution < -0.4 is 14.9 Å². The zero-order valence-electron chi connectivity index (χ0n) is 17.4. The third kappa shape index (κ3) is 3.91. The molecular formula is C23H23Br2NO5. The molecule has 1 aliphatic heterocycles. The summed E-state index contributed by atoms with van der Waals surface area (Å²) in [5.41, 5.74) is 1.79. The van der Waals surface area contributed by atoms with E-state index in [1.807, 2.05) is 25.2 Å². The van der Waals surface area contributed by atoms with Crippen LogP contribution in [0.4, 0.5) is 0 Å². The number of aliphatic hydroxyl groups excluding tert-OH is 1. The van der Waals surface area contributed by atoms with Gasteiger partial charge in [-0.15, -0.1) is 0 Å². The number of hydrogen-bond acceptors (Lipinski definition) is 6. The number of halogens is 2. The highest BCUT2D eigenvalue weighted by Crippen LogP contribution is 2.45. The van der Waals surface area contributed by atoms with E-state index in [4.69, 9.17) is 13.9 Å². The molecule has 2 aromatic carbocycles. The molecular weight excluding hydrogens is 530 g/mol. The number of rotatable bonds is 5. The summed E-state index contributed by atoms with van der Waals surface area (Å²) in [6.07, 6.45) is 0.815. The van der Waals surface area contributed by atoms with Gasteiger partial charge in [0, 0.05) is 44.2 Å². The van der Waals surface area contributed by atoms with Gasteiger partial charge in [0.05, 0.1) is 20.8 Å². The Kier molecular flexibility index (Phi) is 6.44. The SMILES string of the molecule is COc1cc(OC)c2c(=O)cc(-c3ccc(Br)cc3Br)oc2c1[C@H]1CCN(C)[C@@H]1CO. The zero-order valence-corrected chi connectivity index (χ0v) is 20.6. The van der Waals surface area contributed by atoms with Gasteiger partial charge in [-0.2, -0.15) is 0 Å². The summed E-state index contributed by atoms with van der Waals surface area (Å²) in [5.74, 6) is 1.38. The molecule has 4 rings (SSSR count). The number of nitrogens with zero attached hydrogens (tertiary/aromatic N) is 1. The molecule has 2 heterocycles. The number of benzene rings is 2. The fourth-order valence-corrected chi connectivity index (χ4v) is 5.65. The highest BCUT2D eigenvalue weighted by Gasteiger charge is 2.37. The van der Waals surface area contributed by atoms with Gasteiger partial charge in [0.2, 0.25) is 0 Å². The summed E-state index contributed by atoms with van der Waals surface area (Å²) in [6, 6.07) is 8.80. The Morgan fingerprint density at radius 1 is 1.16 bits per heavy atom. The maximum absolute atomic E-state index is 13.2. The highest BCUT2D eigenvalue weighted by molar-refractivity contribution is 9.11. The molecule has 0 aliphatic carbocycles. The lowest BCUT2D eigenvalue weighted by atomic mass is 9.89. The van der Waals surface area contributed by atoms with Gasteiger partial charge in [0.25, 0.3) is 0 Å². The minimum Gasteiger partial charge on any atom is -0.496 e. The smallest absolute Gasteiger partial charge is 0.197 e. The normalized spacial score (nSPS) is 19.2. The maximum Gasteiger partial charge on any atom is 0.197 e. The Morgan fingerprint density at radius 2 is 1.90 bits per heavy atom. The number of methoxy groups -OCH3 is 2. The Hall–Kier alpha value is -1.87. The average Bonchev–Trinajstić information content (AvgIpc) is 3.12. The van der Waals surface area contributed by atoms with Gasteiger partial charge >= 0.3 is 0 Å². The molecule has 8 heteroatoms. The molecule has 1 aliphatic rings.